The third-order valence-electron chi connectivity index (χ3n) is 4.02. The monoisotopic (exact) mass is 277 g/mol. The van der Waals surface area contributed by atoms with E-state index in [1.54, 1.807) is 0 Å². The van der Waals surface area contributed by atoms with E-state index in [0.717, 1.165) is 32.1 Å². The first-order valence-corrected chi connectivity index (χ1v) is 7.35. The van der Waals surface area contributed by atoms with Crippen LogP contribution in [-0.2, 0) is 0 Å². The van der Waals surface area contributed by atoms with E-state index >= 15 is 0 Å². The van der Waals surface area contributed by atoms with Gasteiger partial charge >= 0.3 is 0 Å². The normalized spacial score (nSPS) is 21.9. The van der Waals surface area contributed by atoms with Crippen LogP contribution < -0.4 is 5.32 Å². The summed E-state index contributed by atoms with van der Waals surface area (Å²) >= 11 is 0. The summed E-state index contributed by atoms with van der Waals surface area (Å²) in [5.41, 5.74) is 0.351. The molecule has 0 radical (unpaired) electrons. The Balaban J connectivity index is 1.71. The molecular weight excluding hydrogens is 257 g/mol. The predicted molar refractivity (Wildman–Crippen MR) is 73.8 cm³/mol. The summed E-state index contributed by atoms with van der Waals surface area (Å²) in [5, 5.41) is 3.41. The lowest BCUT2D eigenvalue weighted by molar-refractivity contribution is 0.0732. The van der Waals surface area contributed by atoms with Crippen molar-refractivity contribution in [3.63, 3.8) is 0 Å². The van der Waals surface area contributed by atoms with Crippen molar-refractivity contribution in [2.75, 3.05) is 19.6 Å². The van der Waals surface area contributed by atoms with Gasteiger partial charge in [0.05, 0.1) is 11.8 Å². The van der Waals surface area contributed by atoms with Gasteiger partial charge in [0.1, 0.15) is 5.82 Å². The third-order valence-corrected chi connectivity index (χ3v) is 4.02. The fourth-order valence-corrected chi connectivity index (χ4v) is 2.74. The Bertz CT molecular complexity index is 484. The van der Waals surface area contributed by atoms with Crippen LogP contribution in [0.25, 0.3) is 0 Å². The second-order valence-corrected chi connectivity index (χ2v) is 5.84. The molecule has 3 rings (SSSR count). The maximum absolute atomic E-state index is 13.2. The van der Waals surface area contributed by atoms with Gasteiger partial charge in [-0.3, -0.25) is 9.78 Å². The maximum atomic E-state index is 13.2. The molecule has 1 aliphatic carbocycles. The Kier molecular flexibility index (Phi) is 3.96. The lowest BCUT2D eigenvalue weighted by Gasteiger charge is -2.26. The Morgan fingerprint density at radius 3 is 2.85 bits per heavy atom. The SMILES string of the molecule is O=C(c1cncc(F)c1)N(CC1CC1)CC1CCCN1. The van der Waals surface area contributed by atoms with E-state index in [9.17, 15) is 9.18 Å². The Hall–Kier alpha value is -1.49. The number of amides is 1. The summed E-state index contributed by atoms with van der Waals surface area (Å²) in [7, 11) is 0. The zero-order valence-corrected chi connectivity index (χ0v) is 11.5. The smallest absolute Gasteiger partial charge is 0.255 e. The fourth-order valence-electron chi connectivity index (χ4n) is 2.74. The van der Waals surface area contributed by atoms with E-state index in [1.165, 1.54) is 25.1 Å². The van der Waals surface area contributed by atoms with Crippen LogP contribution >= 0.6 is 0 Å². The highest BCUT2D eigenvalue weighted by Gasteiger charge is 2.29. The van der Waals surface area contributed by atoms with Gasteiger partial charge < -0.3 is 10.2 Å². The quantitative estimate of drug-likeness (QED) is 0.893. The van der Waals surface area contributed by atoms with Gasteiger partial charge in [-0.25, -0.2) is 4.39 Å². The van der Waals surface area contributed by atoms with E-state index in [-0.39, 0.29) is 5.91 Å². The van der Waals surface area contributed by atoms with Gasteiger partial charge in [0.25, 0.3) is 5.91 Å². The molecule has 2 aliphatic rings. The molecule has 2 fully saturated rings. The van der Waals surface area contributed by atoms with Crippen LogP contribution in [0.2, 0.25) is 0 Å². The number of pyridine rings is 1. The van der Waals surface area contributed by atoms with Gasteiger partial charge in [-0.05, 0) is 44.2 Å². The molecule has 2 heterocycles. The van der Waals surface area contributed by atoms with Gasteiger partial charge in [-0.1, -0.05) is 0 Å². The molecule has 1 saturated carbocycles. The van der Waals surface area contributed by atoms with Crippen LogP contribution in [0.1, 0.15) is 36.0 Å². The molecule has 0 aromatic carbocycles. The third kappa shape index (κ3) is 3.33. The minimum absolute atomic E-state index is 0.0994. The molecule has 1 aliphatic heterocycles. The van der Waals surface area contributed by atoms with Gasteiger partial charge in [0.15, 0.2) is 0 Å². The number of halogens is 1. The van der Waals surface area contributed by atoms with E-state index in [0.29, 0.717) is 24.1 Å². The van der Waals surface area contributed by atoms with Crippen LogP contribution in [0.5, 0.6) is 0 Å². The molecular formula is C15H20FN3O. The average molecular weight is 277 g/mol. The summed E-state index contributed by atoms with van der Waals surface area (Å²) in [6.45, 7) is 2.52. The summed E-state index contributed by atoms with van der Waals surface area (Å²) in [6, 6.07) is 1.65. The molecule has 0 spiro atoms. The number of hydrogen-bond donors (Lipinski definition) is 1. The van der Waals surface area contributed by atoms with E-state index < -0.39 is 5.82 Å². The van der Waals surface area contributed by atoms with E-state index in [1.807, 2.05) is 4.90 Å². The molecule has 5 heteroatoms. The number of aromatic nitrogens is 1. The van der Waals surface area contributed by atoms with Crippen molar-refractivity contribution < 1.29 is 9.18 Å². The first kappa shape index (κ1) is 13.5. The molecule has 1 unspecified atom stereocenters. The zero-order valence-electron chi connectivity index (χ0n) is 11.5. The fraction of sp³-hybridized carbons (Fsp3) is 0.600. The van der Waals surface area contributed by atoms with Gasteiger partial charge in [0.2, 0.25) is 0 Å². The number of rotatable bonds is 5. The average Bonchev–Trinajstić information content (AvgIpc) is 3.11. The highest BCUT2D eigenvalue weighted by molar-refractivity contribution is 5.94. The minimum atomic E-state index is -0.457. The molecule has 1 N–H and O–H groups in total. The second-order valence-electron chi connectivity index (χ2n) is 5.84. The molecule has 20 heavy (non-hydrogen) atoms. The van der Waals surface area contributed by atoms with Crippen LogP contribution in [0.3, 0.4) is 0 Å². The molecule has 108 valence electrons. The van der Waals surface area contributed by atoms with Crippen molar-refractivity contribution >= 4 is 5.91 Å². The predicted octanol–water partition coefficient (Wildman–Crippen LogP) is 1.82. The number of nitrogens with one attached hydrogen (secondary N) is 1. The Morgan fingerprint density at radius 1 is 1.35 bits per heavy atom. The van der Waals surface area contributed by atoms with Crippen molar-refractivity contribution in [2.24, 2.45) is 5.92 Å². The lowest BCUT2D eigenvalue weighted by Crippen LogP contribution is -2.42. The van der Waals surface area contributed by atoms with Crippen LogP contribution in [0, 0.1) is 11.7 Å². The largest absolute Gasteiger partial charge is 0.337 e. The van der Waals surface area contributed by atoms with Crippen molar-refractivity contribution in [2.45, 2.75) is 31.7 Å². The zero-order chi connectivity index (χ0) is 13.9. The summed E-state index contributed by atoms with van der Waals surface area (Å²) < 4.78 is 13.2. The van der Waals surface area contributed by atoms with E-state index in [4.69, 9.17) is 0 Å². The number of hydrogen-bond acceptors (Lipinski definition) is 3. The van der Waals surface area contributed by atoms with Gasteiger partial charge in [-0.2, -0.15) is 0 Å². The Labute approximate surface area is 118 Å². The van der Waals surface area contributed by atoms with Crippen LogP contribution in [0.15, 0.2) is 18.5 Å². The molecule has 4 nitrogen and oxygen atoms in total. The van der Waals surface area contributed by atoms with Gasteiger partial charge in [0, 0.05) is 25.3 Å². The highest BCUT2D eigenvalue weighted by atomic mass is 19.1. The molecule has 1 amide bonds. The molecule has 1 atom stereocenters. The van der Waals surface area contributed by atoms with Crippen molar-refractivity contribution in [3.05, 3.63) is 29.8 Å². The number of carbonyl (C=O) groups is 1. The molecule has 0 bridgehead atoms. The standard InChI is InChI=1S/C15H20FN3O/c16-13-6-12(7-17-8-13)15(20)19(9-11-3-4-11)10-14-2-1-5-18-14/h6-8,11,14,18H,1-5,9-10H2. The van der Waals surface area contributed by atoms with Crippen molar-refractivity contribution in [1.82, 2.24) is 15.2 Å². The first-order valence-electron chi connectivity index (χ1n) is 7.35. The van der Waals surface area contributed by atoms with E-state index in [2.05, 4.69) is 10.3 Å². The maximum Gasteiger partial charge on any atom is 0.255 e. The van der Waals surface area contributed by atoms with Crippen LogP contribution in [0.4, 0.5) is 4.39 Å². The minimum Gasteiger partial charge on any atom is -0.337 e. The highest BCUT2D eigenvalue weighted by Crippen LogP contribution is 2.30. The summed E-state index contributed by atoms with van der Waals surface area (Å²) in [6.07, 6.45) is 7.24. The Morgan fingerprint density at radius 2 is 2.20 bits per heavy atom. The number of carbonyl (C=O) groups excluding carboxylic acids is 1. The first-order chi connectivity index (χ1) is 9.72. The van der Waals surface area contributed by atoms with Crippen LogP contribution in [-0.4, -0.2) is 41.5 Å². The molecule has 1 saturated heterocycles. The van der Waals surface area contributed by atoms with Gasteiger partial charge in [-0.15, -0.1) is 0 Å². The second kappa shape index (κ2) is 5.87. The molecule has 1 aromatic heterocycles. The topological polar surface area (TPSA) is 45.2 Å². The van der Waals surface area contributed by atoms with Crippen molar-refractivity contribution in [3.8, 4) is 0 Å². The summed E-state index contributed by atoms with van der Waals surface area (Å²) in [4.78, 5) is 18.2. The number of nitrogens with zero attached hydrogens (tertiary/aromatic N) is 2. The van der Waals surface area contributed by atoms with Crippen molar-refractivity contribution in [1.29, 1.82) is 0 Å². The molecule has 1 aromatic rings. The summed E-state index contributed by atoms with van der Waals surface area (Å²) in [5.74, 6) is 0.0701. The lowest BCUT2D eigenvalue weighted by atomic mass is 10.1.